The fraction of sp³-hybridized carbons (Fsp3) is 0.350. The van der Waals surface area contributed by atoms with Crippen molar-refractivity contribution in [2.45, 2.75) is 44.8 Å². The molecule has 0 amide bonds. The van der Waals surface area contributed by atoms with Crippen LogP contribution in [0.2, 0.25) is 5.28 Å². The van der Waals surface area contributed by atoms with Gasteiger partial charge in [-0.3, -0.25) is 4.79 Å². The van der Waals surface area contributed by atoms with E-state index in [9.17, 15) is 19.4 Å². The van der Waals surface area contributed by atoms with Gasteiger partial charge in [-0.25, -0.2) is 14.4 Å². The van der Waals surface area contributed by atoms with E-state index in [0.29, 0.717) is 22.5 Å². The van der Waals surface area contributed by atoms with Crippen molar-refractivity contribution in [3.63, 3.8) is 0 Å². The lowest BCUT2D eigenvalue weighted by Crippen LogP contribution is -2.19. The van der Waals surface area contributed by atoms with E-state index in [1.165, 1.54) is 18.2 Å². The highest BCUT2D eigenvalue weighted by Gasteiger charge is 2.17. The van der Waals surface area contributed by atoms with Gasteiger partial charge in [-0.15, -0.1) is 0 Å². The Morgan fingerprint density at radius 3 is 2.43 bits per heavy atom. The van der Waals surface area contributed by atoms with Gasteiger partial charge in [0.05, 0.1) is 30.0 Å². The third kappa shape index (κ3) is 6.09. The van der Waals surface area contributed by atoms with Gasteiger partial charge in [-0.2, -0.15) is 0 Å². The van der Waals surface area contributed by atoms with Crippen molar-refractivity contribution in [1.29, 1.82) is 0 Å². The van der Waals surface area contributed by atoms with Crippen molar-refractivity contribution in [1.82, 2.24) is 9.97 Å². The summed E-state index contributed by atoms with van der Waals surface area (Å²) in [6.45, 7) is 3.86. The number of nitrogens with zero attached hydrogens (tertiary/aromatic N) is 2. The van der Waals surface area contributed by atoms with Gasteiger partial charge in [0.25, 0.3) is 0 Å². The average Bonchev–Trinajstić information content (AvgIpc) is 2.59. The second kappa shape index (κ2) is 9.73. The molecule has 0 radical (unpaired) electrons. The van der Waals surface area contributed by atoms with E-state index in [2.05, 4.69) is 9.97 Å². The van der Waals surface area contributed by atoms with Crippen LogP contribution in [-0.4, -0.2) is 43.5 Å². The van der Waals surface area contributed by atoms with Gasteiger partial charge in [0.2, 0.25) is 5.28 Å². The Bertz CT molecular complexity index is 856. The van der Waals surface area contributed by atoms with E-state index in [-0.39, 0.29) is 23.4 Å². The first kappa shape index (κ1) is 21.9. The van der Waals surface area contributed by atoms with Crippen molar-refractivity contribution in [3.05, 3.63) is 52.7 Å². The third-order valence-corrected chi connectivity index (χ3v) is 4.19. The zero-order valence-electron chi connectivity index (χ0n) is 15.5. The minimum Gasteiger partial charge on any atom is -0.481 e. The Labute approximate surface area is 167 Å². The van der Waals surface area contributed by atoms with Gasteiger partial charge in [0.15, 0.2) is 0 Å². The molecule has 0 aliphatic heterocycles. The van der Waals surface area contributed by atoms with Gasteiger partial charge in [0.1, 0.15) is 5.82 Å². The highest BCUT2D eigenvalue weighted by molar-refractivity contribution is 6.28. The number of carbonyl (C=O) groups is 1. The molecule has 0 spiro atoms. The number of hydrogen-bond donors (Lipinski definition) is 3. The minimum absolute atomic E-state index is 0.00547. The summed E-state index contributed by atoms with van der Waals surface area (Å²) in [5.41, 5.74) is 2.37. The number of aliphatic hydroxyl groups is 2. The Hall–Kier alpha value is -2.35. The van der Waals surface area contributed by atoms with E-state index in [0.717, 1.165) is 0 Å². The van der Waals surface area contributed by atoms with Gasteiger partial charge >= 0.3 is 5.97 Å². The average molecular weight is 409 g/mol. The van der Waals surface area contributed by atoms with Crippen LogP contribution in [0.25, 0.3) is 17.3 Å². The molecule has 0 aliphatic rings. The third-order valence-electron chi connectivity index (χ3n) is 4.02. The number of carboxylic acid groups (broad SMARTS) is 1. The largest absolute Gasteiger partial charge is 0.481 e. The molecule has 0 fully saturated rings. The summed E-state index contributed by atoms with van der Waals surface area (Å²) in [7, 11) is 0. The molecular weight excluding hydrogens is 387 g/mol. The van der Waals surface area contributed by atoms with Crippen LogP contribution in [0, 0.1) is 5.82 Å². The number of carboxylic acids is 1. The lowest BCUT2D eigenvalue weighted by Gasteiger charge is -2.15. The summed E-state index contributed by atoms with van der Waals surface area (Å²) in [4.78, 5) is 19.2. The normalized spacial score (nSPS) is 13.8. The topological polar surface area (TPSA) is 104 Å². The first-order valence-corrected chi connectivity index (χ1v) is 9.14. The molecule has 2 rings (SSSR count). The second-order valence-electron chi connectivity index (χ2n) is 6.72. The van der Waals surface area contributed by atoms with E-state index in [1.54, 1.807) is 18.2 Å². The summed E-state index contributed by atoms with van der Waals surface area (Å²) in [5, 5.41) is 28.5. The number of benzene rings is 1. The molecule has 3 N–H and O–H groups in total. The molecule has 0 unspecified atom stereocenters. The molecule has 28 heavy (non-hydrogen) atoms. The lowest BCUT2D eigenvalue weighted by atomic mass is 9.97. The van der Waals surface area contributed by atoms with Gasteiger partial charge in [-0.1, -0.05) is 26.0 Å². The molecule has 1 aromatic carbocycles. The minimum atomic E-state index is -1.17. The summed E-state index contributed by atoms with van der Waals surface area (Å²) < 4.78 is 13.3. The van der Waals surface area contributed by atoms with Crippen LogP contribution in [0.3, 0.4) is 0 Å². The van der Waals surface area contributed by atoms with E-state index < -0.39 is 24.6 Å². The summed E-state index contributed by atoms with van der Waals surface area (Å²) in [5.74, 6) is -1.53. The molecule has 150 valence electrons. The van der Waals surface area contributed by atoms with Gasteiger partial charge in [0, 0.05) is 17.5 Å². The number of rotatable bonds is 8. The standard InChI is InChI=1S/C20H22ClFN2O4/c1-11(2)18-16(8-7-14(25)9-15(26)10-17(27)28)19(24-20(21)23-18)12-3-5-13(22)6-4-12/h3-8,11,14-15,25-26H,9-10H2,1-2H3,(H,27,28)/t14-,15-/m1/s1. The van der Waals surface area contributed by atoms with Crippen LogP contribution < -0.4 is 0 Å². The first-order valence-electron chi connectivity index (χ1n) is 8.76. The van der Waals surface area contributed by atoms with Crippen molar-refractivity contribution in [2.24, 2.45) is 0 Å². The molecule has 1 aromatic heterocycles. The SMILES string of the molecule is CC(C)c1nc(Cl)nc(-c2ccc(F)cc2)c1C=C[C@@H](O)C[C@@H](O)CC(=O)O. The molecule has 6 nitrogen and oxygen atoms in total. The molecule has 2 aromatic rings. The zero-order valence-corrected chi connectivity index (χ0v) is 16.3. The number of aliphatic carboxylic acids is 1. The predicted octanol–water partition coefficient (Wildman–Crippen LogP) is 3.66. The lowest BCUT2D eigenvalue weighted by molar-refractivity contribution is -0.139. The van der Waals surface area contributed by atoms with Crippen molar-refractivity contribution >= 4 is 23.6 Å². The first-order chi connectivity index (χ1) is 13.2. The Kier molecular flexibility index (Phi) is 7.62. The van der Waals surface area contributed by atoms with Crippen molar-refractivity contribution in [3.8, 4) is 11.3 Å². The molecule has 2 atom stereocenters. The fourth-order valence-electron chi connectivity index (χ4n) is 2.74. The highest BCUT2D eigenvalue weighted by Crippen LogP contribution is 2.30. The quantitative estimate of drug-likeness (QED) is 0.576. The van der Waals surface area contributed by atoms with E-state index >= 15 is 0 Å². The zero-order chi connectivity index (χ0) is 20.8. The fourth-order valence-corrected chi connectivity index (χ4v) is 2.92. The van der Waals surface area contributed by atoms with E-state index in [1.807, 2.05) is 13.8 Å². The van der Waals surface area contributed by atoms with Crippen LogP contribution in [0.5, 0.6) is 0 Å². The van der Waals surface area contributed by atoms with Crippen LogP contribution in [-0.2, 0) is 4.79 Å². The smallest absolute Gasteiger partial charge is 0.305 e. The molecule has 0 bridgehead atoms. The summed E-state index contributed by atoms with van der Waals surface area (Å²) >= 11 is 6.07. The maximum absolute atomic E-state index is 13.3. The maximum Gasteiger partial charge on any atom is 0.305 e. The van der Waals surface area contributed by atoms with Crippen molar-refractivity contribution in [2.75, 3.05) is 0 Å². The molecule has 1 heterocycles. The number of aliphatic hydroxyl groups excluding tert-OH is 2. The second-order valence-corrected chi connectivity index (χ2v) is 7.05. The number of hydrogen-bond acceptors (Lipinski definition) is 5. The van der Waals surface area contributed by atoms with Crippen LogP contribution >= 0.6 is 11.6 Å². The summed E-state index contributed by atoms with van der Waals surface area (Å²) in [6.07, 6.45) is 0.248. The van der Waals surface area contributed by atoms with Crippen LogP contribution in [0.15, 0.2) is 30.3 Å². The predicted molar refractivity (Wildman–Crippen MR) is 104 cm³/mol. The Morgan fingerprint density at radius 2 is 1.86 bits per heavy atom. The Balaban J connectivity index is 2.40. The van der Waals surface area contributed by atoms with Gasteiger partial charge < -0.3 is 15.3 Å². The monoisotopic (exact) mass is 408 g/mol. The Morgan fingerprint density at radius 1 is 1.21 bits per heavy atom. The summed E-state index contributed by atoms with van der Waals surface area (Å²) in [6, 6.07) is 5.76. The van der Waals surface area contributed by atoms with Crippen LogP contribution in [0.1, 0.15) is 43.9 Å². The number of halogens is 2. The maximum atomic E-state index is 13.3. The molecule has 0 saturated heterocycles. The highest BCUT2D eigenvalue weighted by atomic mass is 35.5. The molecular formula is C20H22ClFN2O4. The molecule has 0 saturated carbocycles. The molecule has 0 aliphatic carbocycles. The number of aromatic nitrogens is 2. The molecule has 8 heteroatoms. The van der Waals surface area contributed by atoms with E-state index in [4.69, 9.17) is 16.7 Å². The van der Waals surface area contributed by atoms with Crippen LogP contribution in [0.4, 0.5) is 4.39 Å². The van der Waals surface area contributed by atoms with Crippen molar-refractivity contribution < 1.29 is 24.5 Å². The van der Waals surface area contributed by atoms with Gasteiger partial charge in [-0.05, 0) is 41.8 Å².